The highest BCUT2D eigenvalue weighted by molar-refractivity contribution is 6.26. The van der Waals surface area contributed by atoms with Crippen LogP contribution in [0.25, 0.3) is 275 Å². The molecule has 2 aliphatic rings. The van der Waals surface area contributed by atoms with E-state index in [0.717, 1.165) is 17.1 Å². The quantitative estimate of drug-likeness (QED) is 0.115. The van der Waals surface area contributed by atoms with E-state index in [-0.39, 0.29) is 0 Å². The molecular formula is C130H80N4. The Morgan fingerprint density at radius 3 is 0.754 bits per heavy atom. The highest BCUT2D eigenvalue weighted by Crippen LogP contribution is 2.54. The lowest BCUT2D eigenvalue weighted by Gasteiger charge is -2.12. The third kappa shape index (κ3) is 11.8. The van der Waals surface area contributed by atoms with Crippen molar-refractivity contribution in [3.05, 3.63) is 485 Å². The van der Waals surface area contributed by atoms with E-state index in [1.165, 1.54) is 258 Å². The second kappa shape index (κ2) is 29.9. The first-order chi connectivity index (χ1) is 66.4. The van der Waals surface area contributed by atoms with Crippen LogP contribution >= 0.6 is 0 Å². The van der Waals surface area contributed by atoms with Crippen LogP contribution in [0.2, 0.25) is 0 Å². The Hall–Kier alpha value is -17.7. The highest BCUT2D eigenvalue weighted by Gasteiger charge is 2.28. The number of nitrogens with zero attached hydrogens (tertiary/aromatic N) is 4. The van der Waals surface area contributed by atoms with Crippen LogP contribution in [-0.4, -0.2) is 18.3 Å². The number of para-hydroxylation sites is 4. The van der Waals surface area contributed by atoms with Crippen molar-refractivity contribution in [1.29, 1.82) is 0 Å². The number of fused-ring (bicyclic) bond motifs is 22. The predicted octanol–water partition coefficient (Wildman–Crippen LogP) is 35.3. The van der Waals surface area contributed by atoms with E-state index in [2.05, 4.69) is 504 Å². The van der Waals surface area contributed by atoms with Crippen LogP contribution in [-0.2, 0) is 0 Å². The summed E-state index contributed by atoms with van der Waals surface area (Å²) in [4.78, 5) is 0. The van der Waals surface area contributed by atoms with Crippen LogP contribution < -0.4 is 0 Å². The van der Waals surface area contributed by atoms with Gasteiger partial charge in [0.25, 0.3) is 0 Å². The standard InChI is InChI=1S/C68H42N2.C62H38N2/c1-2-12-43(13-3-1)44-24-26-45(27-25-44)46-28-33-52(34-29-46)69-64-22-8-6-18-56(64)61-40-49(31-36-66(61)69)50-32-37-67-62(41-50)57-19-7-9-23-65(57)70(67)53-16-10-15-47(38-53)48-30-35-55-59-21-11-20-58-54-17-5-4-14-51(54)42-63(68(58)59)60(55)39-48;1-2-11-39(12-3-1)40-21-23-41(24-22-40)42-25-29-46(30-26-42)63-58-19-8-6-15-50(58)55-35-43(27-33-60(55)63)44-28-34-61-56(36-44)51-16-7-9-20-59(51)64(61)47-31-32-49-53-18-10-17-52-48-14-5-4-13-45(48)37-57(62(52)53)54(49)38-47/h1-42H;1-38H. The molecule has 4 heterocycles. The molecule has 4 nitrogen and oxygen atoms in total. The molecule has 0 N–H and O–H groups in total. The minimum Gasteiger partial charge on any atom is -0.309 e. The maximum absolute atomic E-state index is 2.46. The summed E-state index contributed by atoms with van der Waals surface area (Å²) >= 11 is 0. The van der Waals surface area contributed by atoms with Crippen LogP contribution in [0.5, 0.6) is 0 Å². The average molecular weight is 1700 g/mol. The van der Waals surface area contributed by atoms with Gasteiger partial charge in [-0.2, -0.15) is 0 Å². The Morgan fingerprint density at radius 2 is 0.358 bits per heavy atom. The summed E-state index contributed by atoms with van der Waals surface area (Å²) in [7, 11) is 0. The highest BCUT2D eigenvalue weighted by atomic mass is 15.0. The Kier molecular flexibility index (Phi) is 16.8. The molecule has 620 valence electrons. The van der Waals surface area contributed by atoms with E-state index < -0.39 is 0 Å². The predicted molar refractivity (Wildman–Crippen MR) is 567 cm³/mol. The molecule has 27 aromatic rings. The van der Waals surface area contributed by atoms with Gasteiger partial charge in [0.15, 0.2) is 0 Å². The third-order valence-corrected chi connectivity index (χ3v) is 28.9. The molecule has 0 saturated heterocycles. The Balaban J connectivity index is 0.000000134. The van der Waals surface area contributed by atoms with E-state index in [9.17, 15) is 0 Å². The van der Waals surface area contributed by atoms with Crippen molar-refractivity contribution < 1.29 is 0 Å². The van der Waals surface area contributed by atoms with Crippen molar-refractivity contribution >= 4 is 130 Å². The first-order valence-electron chi connectivity index (χ1n) is 46.4. The summed E-state index contributed by atoms with van der Waals surface area (Å²) in [6.07, 6.45) is 0. The van der Waals surface area contributed by atoms with Crippen LogP contribution in [0.1, 0.15) is 0 Å². The van der Waals surface area contributed by atoms with Gasteiger partial charge in [-0.1, -0.05) is 346 Å². The molecule has 0 amide bonds. The van der Waals surface area contributed by atoms with Crippen molar-refractivity contribution in [3.8, 4) is 145 Å². The van der Waals surface area contributed by atoms with Crippen LogP contribution in [0, 0.1) is 0 Å². The zero-order valence-corrected chi connectivity index (χ0v) is 73.0. The van der Waals surface area contributed by atoms with E-state index in [1.54, 1.807) is 0 Å². The maximum Gasteiger partial charge on any atom is 0.0541 e. The molecule has 4 aromatic heterocycles. The van der Waals surface area contributed by atoms with Gasteiger partial charge in [-0.3, -0.25) is 0 Å². The molecule has 23 aromatic carbocycles. The number of hydrogen-bond acceptors (Lipinski definition) is 0. The molecule has 0 unspecified atom stereocenters. The van der Waals surface area contributed by atoms with E-state index >= 15 is 0 Å². The SMILES string of the molecule is c1ccc(-c2ccc(-c3ccc(-n4c5ccccc5c5cc(-c6ccc7c(c6)c6ccccc6n7-c6ccc7c(c6)-c6cc8ccccc8c8cccc-7c68)ccc54)cc3)cc2)cc1.c1ccc(-c2ccc(-c3ccc(-n4c5ccccc5c5cc(-c6ccc7c(c6)c6ccccc6n7-c6cccc(-c7ccc8c(c7)-c7cc9ccccc9c9cccc-8c79)c6)ccc54)cc3)cc2)cc1. The molecule has 0 fully saturated rings. The largest absolute Gasteiger partial charge is 0.309 e. The van der Waals surface area contributed by atoms with E-state index in [4.69, 9.17) is 0 Å². The Bertz CT molecular complexity index is 9580. The normalized spacial score (nSPS) is 12.0. The van der Waals surface area contributed by atoms with Crippen molar-refractivity contribution in [2.75, 3.05) is 0 Å². The first kappa shape index (κ1) is 75.3. The summed E-state index contributed by atoms with van der Waals surface area (Å²) in [5.41, 5.74) is 41.7. The van der Waals surface area contributed by atoms with Crippen LogP contribution in [0.4, 0.5) is 0 Å². The fraction of sp³-hybridized carbons (Fsp3) is 0. The second-order valence-electron chi connectivity index (χ2n) is 36.1. The lowest BCUT2D eigenvalue weighted by Crippen LogP contribution is -1.94. The average Bonchev–Trinajstić information content (AvgIpc) is 1.55. The van der Waals surface area contributed by atoms with E-state index in [0.29, 0.717) is 0 Å². The topological polar surface area (TPSA) is 19.7 Å². The number of aromatic nitrogens is 4. The zero-order valence-electron chi connectivity index (χ0n) is 73.0. The molecule has 2 aliphatic carbocycles. The van der Waals surface area contributed by atoms with Crippen LogP contribution in [0.15, 0.2) is 485 Å². The summed E-state index contributed by atoms with van der Waals surface area (Å²) in [5.74, 6) is 0. The second-order valence-corrected chi connectivity index (χ2v) is 36.1. The van der Waals surface area contributed by atoms with Gasteiger partial charge in [0.05, 0.1) is 44.1 Å². The van der Waals surface area contributed by atoms with Crippen molar-refractivity contribution in [2.45, 2.75) is 0 Å². The number of rotatable bonds is 11. The minimum absolute atomic E-state index is 1.15. The zero-order chi connectivity index (χ0) is 87.7. The summed E-state index contributed by atoms with van der Waals surface area (Å²) in [5, 5.41) is 20.5. The molecule has 0 spiro atoms. The molecule has 0 radical (unpaired) electrons. The fourth-order valence-electron chi connectivity index (χ4n) is 22.6. The first-order valence-corrected chi connectivity index (χ1v) is 46.4. The molecule has 0 saturated carbocycles. The molecular weight excluding hydrogens is 1620 g/mol. The van der Waals surface area contributed by atoms with Crippen LogP contribution in [0.3, 0.4) is 0 Å². The van der Waals surface area contributed by atoms with E-state index in [1.807, 2.05) is 0 Å². The van der Waals surface area contributed by atoms with Gasteiger partial charge >= 0.3 is 0 Å². The molecule has 134 heavy (non-hydrogen) atoms. The number of benzene rings is 23. The van der Waals surface area contributed by atoms with Gasteiger partial charge in [0.1, 0.15) is 0 Å². The monoisotopic (exact) mass is 1700 g/mol. The van der Waals surface area contributed by atoms with Crippen molar-refractivity contribution in [2.24, 2.45) is 0 Å². The Labute approximate surface area is 773 Å². The summed E-state index contributed by atoms with van der Waals surface area (Å²) in [6.45, 7) is 0. The fourth-order valence-corrected chi connectivity index (χ4v) is 22.6. The lowest BCUT2D eigenvalue weighted by atomic mass is 9.95. The van der Waals surface area contributed by atoms with Gasteiger partial charge in [-0.15, -0.1) is 0 Å². The summed E-state index contributed by atoms with van der Waals surface area (Å²) < 4.78 is 9.71. The van der Waals surface area contributed by atoms with Gasteiger partial charge in [0, 0.05) is 65.8 Å². The molecule has 0 bridgehead atoms. The molecule has 4 heteroatoms. The lowest BCUT2D eigenvalue weighted by molar-refractivity contribution is 1.18. The molecule has 0 aliphatic heterocycles. The van der Waals surface area contributed by atoms with Gasteiger partial charge in [-0.25, -0.2) is 0 Å². The van der Waals surface area contributed by atoms with Crippen molar-refractivity contribution in [3.63, 3.8) is 0 Å². The smallest absolute Gasteiger partial charge is 0.0541 e. The van der Waals surface area contributed by atoms with Crippen molar-refractivity contribution in [1.82, 2.24) is 18.3 Å². The third-order valence-electron chi connectivity index (χ3n) is 28.9. The Morgan fingerprint density at radius 1 is 0.104 bits per heavy atom. The number of hydrogen-bond donors (Lipinski definition) is 0. The molecule has 0 atom stereocenters. The molecule has 29 rings (SSSR count). The van der Waals surface area contributed by atoms with Gasteiger partial charge in [0.2, 0.25) is 0 Å². The maximum atomic E-state index is 2.46. The van der Waals surface area contributed by atoms with Gasteiger partial charge in [-0.05, 0) is 305 Å². The minimum atomic E-state index is 1.15. The van der Waals surface area contributed by atoms with Gasteiger partial charge < -0.3 is 18.3 Å². The summed E-state index contributed by atoms with van der Waals surface area (Å²) in [6, 6.07) is 179.